The predicted octanol–water partition coefficient (Wildman–Crippen LogP) is 6.61. The Labute approximate surface area is 237 Å². The molecule has 2 N–H and O–H groups in total. The summed E-state index contributed by atoms with van der Waals surface area (Å²) >= 11 is 0. The molecule has 1 amide bonds. The number of fused-ring (bicyclic) bond motifs is 1. The second-order valence-electron chi connectivity index (χ2n) is 9.67. The van der Waals surface area contributed by atoms with Crippen molar-refractivity contribution in [3.8, 4) is 16.9 Å². The number of amides is 1. The van der Waals surface area contributed by atoms with E-state index < -0.39 is 17.6 Å². The zero-order valence-corrected chi connectivity index (χ0v) is 22.4. The van der Waals surface area contributed by atoms with E-state index in [0.29, 0.717) is 28.5 Å². The Kier molecular flexibility index (Phi) is 6.65. The lowest BCUT2D eigenvalue weighted by atomic mass is 10.1. The maximum absolute atomic E-state index is 13.7. The molecule has 0 saturated heterocycles. The average Bonchev–Trinajstić information content (AvgIpc) is 3.63. The number of aryl methyl sites for hydroxylation is 2. The van der Waals surface area contributed by atoms with Crippen molar-refractivity contribution in [2.24, 2.45) is 0 Å². The van der Waals surface area contributed by atoms with Crippen LogP contribution in [0.4, 0.5) is 30.4 Å². The van der Waals surface area contributed by atoms with Gasteiger partial charge in [-0.2, -0.15) is 13.2 Å². The Morgan fingerprint density at radius 1 is 0.929 bits per heavy atom. The molecule has 9 nitrogen and oxygen atoms in total. The summed E-state index contributed by atoms with van der Waals surface area (Å²) in [5.74, 6) is -0.109. The number of carbonyl (C=O) groups is 1. The van der Waals surface area contributed by atoms with Gasteiger partial charge in [0.25, 0.3) is 5.91 Å². The maximum Gasteiger partial charge on any atom is 0.416 e. The number of nitrogens with one attached hydrogen (secondary N) is 2. The van der Waals surface area contributed by atoms with Gasteiger partial charge >= 0.3 is 6.18 Å². The van der Waals surface area contributed by atoms with Crippen LogP contribution in [0, 0.1) is 13.8 Å². The minimum absolute atomic E-state index is 0.00271. The first-order valence-corrected chi connectivity index (χ1v) is 12.8. The zero-order valence-electron chi connectivity index (χ0n) is 22.4. The minimum atomic E-state index is -4.61. The third kappa shape index (κ3) is 5.42. The van der Waals surface area contributed by atoms with Crippen molar-refractivity contribution in [3.63, 3.8) is 0 Å². The number of aromatic nitrogens is 6. The summed E-state index contributed by atoms with van der Waals surface area (Å²) in [7, 11) is 0. The van der Waals surface area contributed by atoms with Crippen molar-refractivity contribution in [3.05, 3.63) is 114 Å². The van der Waals surface area contributed by atoms with Crippen molar-refractivity contribution < 1.29 is 18.0 Å². The standard InChI is InChI=1S/C30H23F3N8O/c1-18-3-4-21(29(42)37-23-12-22(30(31,32)33)13-24(14-23)41-15-19(2)36-17-41)11-25(18)38-27-28-35-9-10-40(28)16-26(39-27)20-5-7-34-8-6-20/h3-17H,1-2H3,(H,37,42)(H,38,39). The van der Waals surface area contributed by atoms with Crippen molar-refractivity contribution in [2.75, 3.05) is 10.6 Å². The van der Waals surface area contributed by atoms with Crippen LogP contribution < -0.4 is 10.6 Å². The molecule has 0 unspecified atom stereocenters. The van der Waals surface area contributed by atoms with Gasteiger partial charge in [-0.05, 0) is 61.9 Å². The molecule has 0 spiro atoms. The SMILES string of the molecule is Cc1cn(-c2cc(NC(=O)c3ccc(C)c(Nc4nc(-c5ccncc5)cn5ccnc45)c3)cc(C(F)(F)F)c2)cn1. The largest absolute Gasteiger partial charge is 0.416 e. The van der Waals surface area contributed by atoms with Crippen molar-refractivity contribution in [1.82, 2.24) is 28.9 Å². The second kappa shape index (κ2) is 10.5. The fourth-order valence-corrected chi connectivity index (χ4v) is 4.46. The van der Waals surface area contributed by atoms with Crippen LogP contribution in [0.25, 0.3) is 22.6 Å². The first-order chi connectivity index (χ1) is 20.1. The number of rotatable bonds is 6. The number of imidazole rings is 2. The van der Waals surface area contributed by atoms with E-state index in [-0.39, 0.29) is 16.9 Å². The summed E-state index contributed by atoms with van der Waals surface area (Å²) < 4.78 is 44.4. The Bertz CT molecular complexity index is 1930. The number of nitrogens with zero attached hydrogens (tertiary/aromatic N) is 6. The second-order valence-corrected chi connectivity index (χ2v) is 9.67. The molecule has 6 rings (SSSR count). The van der Waals surface area contributed by atoms with Gasteiger partial charge in [-0.25, -0.2) is 15.0 Å². The van der Waals surface area contributed by atoms with Crippen LogP contribution in [0.5, 0.6) is 0 Å². The van der Waals surface area contributed by atoms with Crippen LogP contribution in [-0.2, 0) is 6.18 Å². The molecular formula is C30H23F3N8O. The first kappa shape index (κ1) is 26.7. The molecule has 12 heteroatoms. The third-order valence-corrected chi connectivity index (χ3v) is 6.62. The van der Waals surface area contributed by atoms with E-state index in [4.69, 9.17) is 4.98 Å². The van der Waals surface area contributed by atoms with Crippen molar-refractivity contribution >= 4 is 28.7 Å². The molecule has 6 aromatic rings. The van der Waals surface area contributed by atoms with E-state index in [2.05, 4.69) is 25.6 Å². The third-order valence-electron chi connectivity index (χ3n) is 6.62. The zero-order chi connectivity index (χ0) is 29.4. The lowest BCUT2D eigenvalue weighted by Gasteiger charge is -2.15. The topological polar surface area (TPSA) is 102 Å². The normalized spacial score (nSPS) is 11.5. The van der Waals surface area contributed by atoms with E-state index in [0.717, 1.165) is 23.3 Å². The highest BCUT2D eigenvalue weighted by Gasteiger charge is 2.31. The number of hydrogen-bond acceptors (Lipinski definition) is 6. The molecule has 0 fully saturated rings. The number of halogens is 3. The summed E-state index contributed by atoms with van der Waals surface area (Å²) in [4.78, 5) is 30.6. The smallest absolute Gasteiger partial charge is 0.337 e. The highest BCUT2D eigenvalue weighted by atomic mass is 19.4. The molecule has 0 bridgehead atoms. The van der Waals surface area contributed by atoms with Gasteiger partial charge in [-0.3, -0.25) is 9.78 Å². The molecule has 0 radical (unpaired) electrons. The molecule has 2 aromatic carbocycles. The summed E-state index contributed by atoms with van der Waals surface area (Å²) in [6.45, 7) is 3.60. The fraction of sp³-hybridized carbons (Fsp3) is 0.100. The predicted molar refractivity (Wildman–Crippen MR) is 152 cm³/mol. The number of anilines is 3. The molecule has 0 saturated carbocycles. The number of pyridine rings is 1. The van der Waals surface area contributed by atoms with Gasteiger partial charge in [0.15, 0.2) is 11.5 Å². The number of carbonyl (C=O) groups excluding carboxylic acids is 1. The Hall–Kier alpha value is -5.52. The molecule has 0 aliphatic rings. The lowest BCUT2D eigenvalue weighted by molar-refractivity contribution is -0.137. The van der Waals surface area contributed by atoms with Gasteiger partial charge in [-0.1, -0.05) is 6.07 Å². The highest BCUT2D eigenvalue weighted by Crippen LogP contribution is 2.33. The fourth-order valence-electron chi connectivity index (χ4n) is 4.46. The average molecular weight is 569 g/mol. The summed E-state index contributed by atoms with van der Waals surface area (Å²) in [6, 6.07) is 12.0. The molecular weight excluding hydrogens is 545 g/mol. The molecule has 0 aliphatic carbocycles. The van der Waals surface area contributed by atoms with E-state index >= 15 is 0 Å². The van der Waals surface area contributed by atoms with Crippen LogP contribution in [-0.4, -0.2) is 34.8 Å². The molecule has 4 aromatic heterocycles. The van der Waals surface area contributed by atoms with E-state index in [1.807, 2.05) is 29.7 Å². The van der Waals surface area contributed by atoms with Gasteiger partial charge < -0.3 is 19.6 Å². The first-order valence-electron chi connectivity index (χ1n) is 12.8. The maximum atomic E-state index is 13.7. The molecule has 4 heterocycles. The number of benzene rings is 2. The monoisotopic (exact) mass is 568 g/mol. The van der Waals surface area contributed by atoms with Gasteiger partial charge in [0.1, 0.15) is 0 Å². The van der Waals surface area contributed by atoms with Crippen LogP contribution in [0.3, 0.4) is 0 Å². The van der Waals surface area contributed by atoms with Gasteiger partial charge in [-0.15, -0.1) is 0 Å². The Morgan fingerprint density at radius 3 is 2.48 bits per heavy atom. The Morgan fingerprint density at radius 2 is 1.74 bits per heavy atom. The van der Waals surface area contributed by atoms with Crippen molar-refractivity contribution in [2.45, 2.75) is 20.0 Å². The molecule has 0 aliphatic heterocycles. The summed E-state index contributed by atoms with van der Waals surface area (Å²) in [6.07, 6.45) is 7.09. The molecule has 42 heavy (non-hydrogen) atoms. The minimum Gasteiger partial charge on any atom is -0.337 e. The van der Waals surface area contributed by atoms with Crippen molar-refractivity contribution in [1.29, 1.82) is 0 Å². The summed E-state index contributed by atoms with van der Waals surface area (Å²) in [5, 5.41) is 5.90. The lowest BCUT2D eigenvalue weighted by Crippen LogP contribution is -2.14. The summed E-state index contributed by atoms with van der Waals surface area (Å²) in [5.41, 5.74) is 3.74. The quantitative estimate of drug-likeness (QED) is 0.235. The van der Waals surface area contributed by atoms with Crippen LogP contribution in [0.1, 0.15) is 27.2 Å². The van der Waals surface area contributed by atoms with Gasteiger partial charge in [0.2, 0.25) is 0 Å². The van der Waals surface area contributed by atoms with E-state index in [1.165, 1.54) is 17.0 Å². The van der Waals surface area contributed by atoms with Crippen LogP contribution in [0.15, 0.2) is 92.0 Å². The van der Waals surface area contributed by atoms with Crippen LogP contribution >= 0.6 is 0 Å². The van der Waals surface area contributed by atoms with Crippen LogP contribution in [0.2, 0.25) is 0 Å². The van der Waals surface area contributed by atoms with Gasteiger partial charge in [0.05, 0.1) is 23.3 Å². The molecule has 210 valence electrons. The van der Waals surface area contributed by atoms with E-state index in [9.17, 15) is 18.0 Å². The number of alkyl halides is 3. The highest BCUT2D eigenvalue weighted by molar-refractivity contribution is 6.05. The Balaban J connectivity index is 1.32. The number of hydrogen-bond donors (Lipinski definition) is 2. The van der Waals surface area contributed by atoms with E-state index in [1.54, 1.807) is 56.1 Å². The van der Waals surface area contributed by atoms with Gasteiger partial charge in [0, 0.05) is 65.4 Å². The molecule has 0 atom stereocenters.